The highest BCUT2D eigenvalue weighted by Crippen LogP contribution is 2.48. The molecule has 44 heavy (non-hydrogen) atoms. The van der Waals surface area contributed by atoms with E-state index in [1.54, 1.807) is 18.2 Å². The molecule has 1 aliphatic carbocycles. The average molecular weight is 591 g/mol. The van der Waals surface area contributed by atoms with E-state index >= 15 is 0 Å². The van der Waals surface area contributed by atoms with E-state index in [0.717, 1.165) is 72.5 Å². The summed E-state index contributed by atoms with van der Waals surface area (Å²) in [5.41, 5.74) is 10.7. The zero-order chi connectivity index (χ0) is 32.1. The van der Waals surface area contributed by atoms with E-state index in [9.17, 15) is 14.7 Å². The summed E-state index contributed by atoms with van der Waals surface area (Å²) in [5, 5.41) is 11.6. The van der Waals surface area contributed by atoms with Gasteiger partial charge in [0.05, 0.1) is 36.1 Å². The number of aromatic amines is 2. The zero-order valence-corrected chi connectivity index (χ0v) is 26.3. The normalized spacial score (nSPS) is 23.0. The number of nitrogens with one attached hydrogen (secondary N) is 2. The number of carbonyl (C=O) groups is 2. The van der Waals surface area contributed by atoms with Crippen LogP contribution >= 0.6 is 0 Å². The van der Waals surface area contributed by atoms with E-state index in [1.165, 1.54) is 13.2 Å². The molecule has 0 fully saturated rings. The lowest BCUT2D eigenvalue weighted by Gasteiger charge is -2.36. The molecule has 0 aromatic carbocycles. The molecule has 4 heterocycles. The topological polar surface area (TPSA) is 120 Å². The fraction of sp³-hybridized carbons (Fsp3) is 0.278. The fourth-order valence-electron chi connectivity index (χ4n) is 6.33. The summed E-state index contributed by atoms with van der Waals surface area (Å²) in [6.07, 6.45) is 12.9. The number of hydrogen-bond donors (Lipinski definition) is 3. The highest BCUT2D eigenvalue weighted by Gasteiger charge is 2.52. The number of carboxylic acid groups (broad SMARTS) is 1. The molecule has 0 bridgehead atoms. The summed E-state index contributed by atoms with van der Waals surface area (Å²) < 4.78 is 5.07. The number of fused-ring (bicyclic) bond motifs is 1. The minimum atomic E-state index is -1.16. The Kier molecular flexibility index (Phi) is 7.80. The molecule has 0 saturated carbocycles. The largest absolute Gasteiger partial charge is 0.478 e. The lowest BCUT2D eigenvalue weighted by Crippen LogP contribution is -2.44. The van der Waals surface area contributed by atoms with Gasteiger partial charge < -0.3 is 19.8 Å². The summed E-state index contributed by atoms with van der Waals surface area (Å²) in [4.78, 5) is 41.7. The first-order valence-corrected chi connectivity index (χ1v) is 14.5. The second-order valence-electron chi connectivity index (χ2n) is 11.6. The molecule has 0 spiro atoms. The Hall–Kier alpha value is -4.98. The number of ether oxygens (including phenoxy) is 1. The van der Waals surface area contributed by atoms with Crippen molar-refractivity contribution in [3.8, 4) is 0 Å². The van der Waals surface area contributed by atoms with Crippen molar-refractivity contribution in [2.75, 3.05) is 13.7 Å². The fourth-order valence-corrected chi connectivity index (χ4v) is 6.33. The minimum absolute atomic E-state index is 0.0139. The van der Waals surface area contributed by atoms with Crippen LogP contribution in [0.5, 0.6) is 0 Å². The first kappa shape index (κ1) is 30.5. The molecule has 5 rings (SSSR count). The molecule has 3 N–H and O–H groups in total. The Bertz CT molecular complexity index is 1970. The van der Waals surface area contributed by atoms with Gasteiger partial charge in [0.15, 0.2) is 0 Å². The summed E-state index contributed by atoms with van der Waals surface area (Å²) in [7, 11) is 1.27. The Balaban J connectivity index is 1.60. The highest BCUT2D eigenvalue weighted by atomic mass is 16.5. The van der Waals surface area contributed by atoms with Gasteiger partial charge in [-0.25, -0.2) is 9.79 Å². The number of nitrogens with zero attached hydrogens (tertiary/aromatic N) is 2. The molecule has 2 unspecified atom stereocenters. The molecule has 8 heteroatoms. The van der Waals surface area contributed by atoms with Crippen LogP contribution in [0.25, 0.3) is 24.3 Å². The molecule has 2 aromatic rings. The summed E-state index contributed by atoms with van der Waals surface area (Å²) in [6, 6.07) is 0. The Labute approximate surface area is 257 Å². The van der Waals surface area contributed by atoms with Crippen LogP contribution in [0.3, 0.4) is 0 Å². The Morgan fingerprint density at radius 3 is 2.23 bits per heavy atom. The van der Waals surface area contributed by atoms with Gasteiger partial charge in [0.25, 0.3) is 0 Å². The van der Waals surface area contributed by atoms with Crippen molar-refractivity contribution >= 4 is 47.7 Å². The average Bonchev–Trinajstić information content (AvgIpc) is 3.66. The number of H-pyrrole nitrogens is 2. The van der Waals surface area contributed by atoms with E-state index in [0.29, 0.717) is 12.3 Å². The van der Waals surface area contributed by atoms with Crippen molar-refractivity contribution in [2.45, 2.75) is 41.5 Å². The maximum Gasteiger partial charge on any atom is 0.332 e. The van der Waals surface area contributed by atoms with Gasteiger partial charge in [-0.15, -0.1) is 0 Å². The quantitative estimate of drug-likeness (QED) is 0.392. The van der Waals surface area contributed by atoms with Gasteiger partial charge in [-0.3, -0.25) is 9.79 Å². The molecular formula is C36H38N4O4. The Morgan fingerprint density at radius 2 is 1.64 bits per heavy atom. The first-order chi connectivity index (χ1) is 20.9. The number of aliphatic carboxylic acids is 1. The highest BCUT2D eigenvalue weighted by molar-refractivity contribution is 6.19. The molecule has 0 radical (unpaired) electrons. The van der Waals surface area contributed by atoms with Gasteiger partial charge in [0.1, 0.15) is 5.92 Å². The number of esters is 1. The molecule has 3 aliphatic rings. The third kappa shape index (κ3) is 4.71. The van der Waals surface area contributed by atoms with Crippen LogP contribution in [-0.2, 0) is 14.3 Å². The van der Waals surface area contributed by atoms with Crippen molar-refractivity contribution in [3.05, 3.63) is 104 Å². The third-order valence-electron chi connectivity index (χ3n) is 9.48. The lowest BCUT2D eigenvalue weighted by atomic mass is 9.64. The lowest BCUT2D eigenvalue weighted by molar-refractivity contribution is -0.148. The molecule has 2 atom stereocenters. The second-order valence-corrected chi connectivity index (χ2v) is 11.6. The number of rotatable bonds is 7. The number of carboxylic acids is 1. The van der Waals surface area contributed by atoms with E-state index in [1.807, 2.05) is 19.9 Å². The van der Waals surface area contributed by atoms with Crippen LogP contribution in [0.15, 0.2) is 69.4 Å². The number of methoxy groups -OCH3 is 1. The molecule has 2 aromatic heterocycles. The monoisotopic (exact) mass is 590 g/mol. The van der Waals surface area contributed by atoms with Crippen LogP contribution in [0.1, 0.15) is 54.4 Å². The SMILES string of the molecule is C=CC1=NC(=Cc2[nH]c(/C=c3\[nH]/c(=C\C4=NCC5=CC=C(C(=O)O)C(C(=O)OC)C54C)c(C=C)c3C)c(C)c2C)C(C)=C1C. The van der Waals surface area contributed by atoms with Gasteiger partial charge in [-0.05, 0) is 99.3 Å². The van der Waals surface area contributed by atoms with Crippen LogP contribution in [-0.4, -0.2) is 52.1 Å². The molecule has 8 nitrogen and oxygen atoms in total. The van der Waals surface area contributed by atoms with Gasteiger partial charge in [-0.2, -0.15) is 0 Å². The van der Waals surface area contributed by atoms with Crippen molar-refractivity contribution in [1.82, 2.24) is 9.97 Å². The first-order valence-electron chi connectivity index (χ1n) is 14.5. The van der Waals surface area contributed by atoms with E-state index < -0.39 is 23.3 Å². The maximum atomic E-state index is 13.0. The summed E-state index contributed by atoms with van der Waals surface area (Å²) >= 11 is 0. The van der Waals surface area contributed by atoms with Gasteiger partial charge in [0.2, 0.25) is 0 Å². The molecule has 0 amide bonds. The van der Waals surface area contributed by atoms with Crippen molar-refractivity contribution in [1.29, 1.82) is 0 Å². The smallest absolute Gasteiger partial charge is 0.332 e. The molecule has 0 saturated heterocycles. The number of allylic oxidation sites excluding steroid dienone is 5. The van der Waals surface area contributed by atoms with E-state index in [-0.39, 0.29) is 5.57 Å². The van der Waals surface area contributed by atoms with Crippen LogP contribution in [0.4, 0.5) is 0 Å². The van der Waals surface area contributed by atoms with Gasteiger partial charge >= 0.3 is 11.9 Å². The predicted octanol–water partition coefficient (Wildman–Crippen LogP) is 5.04. The second kappa shape index (κ2) is 11.3. The van der Waals surface area contributed by atoms with Crippen molar-refractivity contribution in [3.63, 3.8) is 0 Å². The summed E-state index contributed by atoms with van der Waals surface area (Å²) in [6.45, 7) is 20.5. The Morgan fingerprint density at radius 1 is 0.955 bits per heavy atom. The molecule has 2 aliphatic heterocycles. The van der Waals surface area contributed by atoms with Crippen LogP contribution < -0.4 is 10.7 Å². The third-order valence-corrected chi connectivity index (χ3v) is 9.48. The van der Waals surface area contributed by atoms with Crippen molar-refractivity contribution < 1.29 is 19.4 Å². The standard InChI is InChI=1S/C36H38N4O4/c1-10-24-22(7)30(15-29-21(6)20(5)28(39-29)14-27-19(4)18(3)26(11-2)38-27)40-31(24)16-32-36(8)23(17-37-32)12-13-25(34(41)42)33(36)35(43)44-9/h10-16,33,39-40H,1-2,17H2,3-9H3,(H,41,42)/b27-14?,30-15-,31-16-. The number of hydrogen-bond acceptors (Lipinski definition) is 5. The van der Waals surface area contributed by atoms with Gasteiger partial charge in [0, 0.05) is 33.4 Å². The maximum absolute atomic E-state index is 13.0. The number of aromatic nitrogens is 2. The number of carbonyl (C=O) groups excluding carboxylic acids is 1. The zero-order valence-electron chi connectivity index (χ0n) is 26.3. The predicted molar refractivity (Wildman–Crippen MR) is 177 cm³/mol. The summed E-state index contributed by atoms with van der Waals surface area (Å²) in [5.74, 6) is -2.79. The minimum Gasteiger partial charge on any atom is -0.478 e. The van der Waals surface area contributed by atoms with Crippen LogP contribution in [0.2, 0.25) is 0 Å². The molecule has 226 valence electrons. The molecular weight excluding hydrogens is 552 g/mol. The van der Waals surface area contributed by atoms with Crippen molar-refractivity contribution in [2.24, 2.45) is 21.3 Å². The van der Waals surface area contributed by atoms with E-state index in [4.69, 9.17) is 14.7 Å². The van der Waals surface area contributed by atoms with Gasteiger partial charge in [-0.1, -0.05) is 31.4 Å². The number of aliphatic imine (C=N–C) groups is 2. The van der Waals surface area contributed by atoms with E-state index in [2.05, 4.69) is 63.0 Å². The van der Waals surface area contributed by atoms with Crippen LogP contribution in [0, 0.1) is 32.1 Å².